The normalized spacial score (nSPS) is 20.8. The summed E-state index contributed by atoms with van der Waals surface area (Å²) >= 11 is 0. The van der Waals surface area contributed by atoms with Crippen LogP contribution in [0, 0.1) is 11.8 Å². The van der Waals surface area contributed by atoms with Crippen LogP contribution < -0.4 is 10.6 Å². The lowest BCUT2D eigenvalue weighted by Crippen LogP contribution is -2.44. The second-order valence-corrected chi connectivity index (χ2v) is 6.69. The average Bonchev–Trinajstić information content (AvgIpc) is 3.25. The number of carboxylic acid groups (broad SMARTS) is 1. The Balaban J connectivity index is 1.86. The molecule has 0 bridgehead atoms. The van der Waals surface area contributed by atoms with Crippen LogP contribution in [0.15, 0.2) is 30.3 Å². The zero-order valence-electron chi connectivity index (χ0n) is 13.8. The summed E-state index contributed by atoms with van der Waals surface area (Å²) in [6.07, 6.45) is 2.15. The summed E-state index contributed by atoms with van der Waals surface area (Å²) in [5.74, 6) is 0.298. The van der Waals surface area contributed by atoms with Gasteiger partial charge in [-0.2, -0.15) is 0 Å². The van der Waals surface area contributed by atoms with Crippen molar-refractivity contribution >= 4 is 12.0 Å². The topological polar surface area (TPSA) is 78.4 Å². The Morgan fingerprint density at radius 2 is 1.96 bits per heavy atom. The Kier molecular flexibility index (Phi) is 6.02. The second kappa shape index (κ2) is 7.99. The number of benzene rings is 1. The Hall–Kier alpha value is -2.04. The molecule has 126 valence electrons. The van der Waals surface area contributed by atoms with E-state index < -0.39 is 5.97 Å². The predicted octanol–water partition coefficient (Wildman–Crippen LogP) is 2.81. The van der Waals surface area contributed by atoms with E-state index in [1.807, 2.05) is 30.3 Å². The molecule has 3 N–H and O–H groups in total. The van der Waals surface area contributed by atoms with Crippen LogP contribution >= 0.6 is 0 Å². The lowest BCUT2D eigenvalue weighted by atomic mass is 10.0. The molecule has 1 aliphatic carbocycles. The van der Waals surface area contributed by atoms with Crippen molar-refractivity contribution in [2.24, 2.45) is 11.8 Å². The van der Waals surface area contributed by atoms with Crippen LogP contribution in [0.25, 0.3) is 0 Å². The summed E-state index contributed by atoms with van der Waals surface area (Å²) in [5, 5.41) is 14.8. The molecule has 1 aromatic rings. The summed E-state index contributed by atoms with van der Waals surface area (Å²) in [6.45, 7) is 4.32. The molecule has 3 atom stereocenters. The summed E-state index contributed by atoms with van der Waals surface area (Å²) < 4.78 is 0. The fourth-order valence-electron chi connectivity index (χ4n) is 2.93. The molecule has 0 aromatic heterocycles. The number of hydrogen-bond acceptors (Lipinski definition) is 2. The van der Waals surface area contributed by atoms with Crippen molar-refractivity contribution in [2.45, 2.75) is 51.6 Å². The third-order valence-corrected chi connectivity index (χ3v) is 4.38. The standard InChI is InChI=1S/C18H26N2O3/c1-12(2)15-11-16(15)20-18(23)19-14(8-9-17(21)22)10-13-6-4-3-5-7-13/h3-7,12,14-16H,8-11H2,1-2H3,(H,21,22)(H2,19,20,23)/t14?,15-,16+/m0/s1. The molecule has 2 rings (SSSR count). The van der Waals surface area contributed by atoms with E-state index in [1.165, 1.54) is 0 Å². The van der Waals surface area contributed by atoms with E-state index in [2.05, 4.69) is 24.5 Å². The SMILES string of the molecule is CC(C)[C@@H]1C[C@H]1NC(=O)NC(CCC(=O)O)Cc1ccccc1. The molecule has 2 amide bonds. The molecule has 0 saturated heterocycles. The first-order chi connectivity index (χ1) is 11.0. The highest BCUT2D eigenvalue weighted by atomic mass is 16.4. The Morgan fingerprint density at radius 3 is 2.52 bits per heavy atom. The lowest BCUT2D eigenvalue weighted by molar-refractivity contribution is -0.137. The van der Waals surface area contributed by atoms with Gasteiger partial charge < -0.3 is 15.7 Å². The smallest absolute Gasteiger partial charge is 0.315 e. The van der Waals surface area contributed by atoms with Crippen molar-refractivity contribution in [3.05, 3.63) is 35.9 Å². The summed E-state index contributed by atoms with van der Waals surface area (Å²) in [7, 11) is 0. The van der Waals surface area contributed by atoms with E-state index in [4.69, 9.17) is 5.11 Å². The van der Waals surface area contributed by atoms with Gasteiger partial charge in [0, 0.05) is 18.5 Å². The van der Waals surface area contributed by atoms with E-state index in [9.17, 15) is 9.59 Å². The molecule has 0 radical (unpaired) electrons. The number of carbonyl (C=O) groups excluding carboxylic acids is 1. The molecule has 1 aliphatic rings. The van der Waals surface area contributed by atoms with Crippen LogP contribution in [0.1, 0.15) is 38.7 Å². The molecule has 1 saturated carbocycles. The highest BCUT2D eigenvalue weighted by molar-refractivity contribution is 5.75. The average molecular weight is 318 g/mol. The van der Waals surface area contributed by atoms with Crippen LogP contribution in [-0.2, 0) is 11.2 Å². The number of aliphatic carboxylic acids is 1. The first-order valence-corrected chi connectivity index (χ1v) is 8.28. The van der Waals surface area contributed by atoms with Gasteiger partial charge in [0.05, 0.1) is 0 Å². The number of amides is 2. The van der Waals surface area contributed by atoms with Crippen molar-refractivity contribution in [2.75, 3.05) is 0 Å². The van der Waals surface area contributed by atoms with Crippen LogP contribution in [0.2, 0.25) is 0 Å². The Bertz CT molecular complexity index is 530. The van der Waals surface area contributed by atoms with E-state index in [0.717, 1.165) is 12.0 Å². The van der Waals surface area contributed by atoms with E-state index in [0.29, 0.717) is 24.7 Å². The molecule has 1 aromatic carbocycles. The molecule has 1 fully saturated rings. The maximum Gasteiger partial charge on any atom is 0.315 e. The van der Waals surface area contributed by atoms with E-state index in [1.54, 1.807) is 0 Å². The Labute approximate surface area is 137 Å². The van der Waals surface area contributed by atoms with Gasteiger partial charge in [-0.25, -0.2) is 4.79 Å². The number of carboxylic acids is 1. The van der Waals surface area contributed by atoms with Gasteiger partial charge in [-0.05, 0) is 36.7 Å². The van der Waals surface area contributed by atoms with Gasteiger partial charge in [0.1, 0.15) is 0 Å². The van der Waals surface area contributed by atoms with Crippen LogP contribution in [0.3, 0.4) is 0 Å². The molecule has 0 heterocycles. The maximum absolute atomic E-state index is 12.1. The van der Waals surface area contributed by atoms with Crippen molar-refractivity contribution < 1.29 is 14.7 Å². The van der Waals surface area contributed by atoms with Crippen LogP contribution in [0.5, 0.6) is 0 Å². The molecular formula is C18H26N2O3. The molecule has 0 aliphatic heterocycles. The zero-order chi connectivity index (χ0) is 16.8. The molecule has 0 spiro atoms. The minimum Gasteiger partial charge on any atom is -0.481 e. The summed E-state index contributed by atoms with van der Waals surface area (Å²) in [5.41, 5.74) is 1.09. The molecular weight excluding hydrogens is 292 g/mol. The van der Waals surface area contributed by atoms with Gasteiger partial charge in [-0.1, -0.05) is 44.2 Å². The maximum atomic E-state index is 12.1. The summed E-state index contributed by atoms with van der Waals surface area (Å²) in [4.78, 5) is 23.0. The lowest BCUT2D eigenvalue weighted by Gasteiger charge is -2.19. The number of nitrogens with one attached hydrogen (secondary N) is 2. The second-order valence-electron chi connectivity index (χ2n) is 6.69. The highest BCUT2D eigenvalue weighted by Crippen LogP contribution is 2.36. The van der Waals surface area contributed by atoms with Crippen molar-refractivity contribution in [3.8, 4) is 0 Å². The monoisotopic (exact) mass is 318 g/mol. The number of rotatable bonds is 8. The predicted molar refractivity (Wildman–Crippen MR) is 89.2 cm³/mol. The zero-order valence-corrected chi connectivity index (χ0v) is 13.8. The van der Waals surface area contributed by atoms with Gasteiger partial charge >= 0.3 is 12.0 Å². The third kappa shape index (κ3) is 5.93. The van der Waals surface area contributed by atoms with Gasteiger partial charge in [0.25, 0.3) is 0 Å². The van der Waals surface area contributed by atoms with Crippen molar-refractivity contribution in [3.63, 3.8) is 0 Å². The molecule has 5 nitrogen and oxygen atoms in total. The largest absolute Gasteiger partial charge is 0.481 e. The minimum atomic E-state index is -0.840. The van der Waals surface area contributed by atoms with Crippen molar-refractivity contribution in [1.82, 2.24) is 10.6 Å². The highest BCUT2D eigenvalue weighted by Gasteiger charge is 2.40. The minimum absolute atomic E-state index is 0.0514. The Morgan fingerprint density at radius 1 is 1.26 bits per heavy atom. The van der Waals surface area contributed by atoms with Crippen LogP contribution in [0.4, 0.5) is 4.79 Å². The number of urea groups is 1. The number of carbonyl (C=O) groups is 2. The van der Waals surface area contributed by atoms with Crippen LogP contribution in [-0.4, -0.2) is 29.2 Å². The molecule has 5 heteroatoms. The quantitative estimate of drug-likeness (QED) is 0.689. The fourth-order valence-corrected chi connectivity index (χ4v) is 2.93. The molecule has 23 heavy (non-hydrogen) atoms. The van der Waals surface area contributed by atoms with E-state index >= 15 is 0 Å². The number of hydrogen-bond donors (Lipinski definition) is 3. The summed E-state index contributed by atoms with van der Waals surface area (Å²) in [6, 6.07) is 9.70. The first kappa shape index (κ1) is 17.3. The van der Waals surface area contributed by atoms with E-state index in [-0.39, 0.29) is 24.5 Å². The van der Waals surface area contributed by atoms with Crippen molar-refractivity contribution in [1.29, 1.82) is 0 Å². The van der Waals surface area contributed by atoms with Gasteiger partial charge in [0.2, 0.25) is 0 Å². The third-order valence-electron chi connectivity index (χ3n) is 4.38. The van der Waals surface area contributed by atoms with Gasteiger partial charge in [0.15, 0.2) is 0 Å². The molecule has 1 unspecified atom stereocenters. The van der Waals surface area contributed by atoms with Gasteiger partial charge in [-0.3, -0.25) is 4.79 Å². The first-order valence-electron chi connectivity index (χ1n) is 8.28. The fraction of sp³-hybridized carbons (Fsp3) is 0.556. The van der Waals surface area contributed by atoms with Gasteiger partial charge in [-0.15, -0.1) is 0 Å².